The Morgan fingerprint density at radius 1 is 1.39 bits per heavy atom. The number of hydrogen-bond donors (Lipinski definition) is 2. The molecule has 18 heavy (non-hydrogen) atoms. The second-order valence-corrected chi connectivity index (χ2v) is 5.39. The highest BCUT2D eigenvalue weighted by Gasteiger charge is 2.14. The number of ether oxygens (including phenoxy) is 1. The summed E-state index contributed by atoms with van der Waals surface area (Å²) in [6.07, 6.45) is 2.66. The van der Waals surface area contributed by atoms with Crippen LogP contribution in [0.1, 0.15) is 26.7 Å². The van der Waals surface area contributed by atoms with Gasteiger partial charge in [-0.25, -0.2) is 0 Å². The average molecular weight is 387 g/mol. The number of halogens is 1. The van der Waals surface area contributed by atoms with E-state index < -0.39 is 0 Å². The van der Waals surface area contributed by atoms with Gasteiger partial charge in [-0.15, -0.1) is 24.0 Å². The van der Waals surface area contributed by atoms with Gasteiger partial charge in [0, 0.05) is 24.9 Å². The van der Waals surface area contributed by atoms with Crippen LogP contribution >= 0.6 is 35.7 Å². The number of nitrogens with zero attached hydrogens (tertiary/aromatic N) is 1. The van der Waals surface area contributed by atoms with Crippen LogP contribution in [0.4, 0.5) is 0 Å². The van der Waals surface area contributed by atoms with Crippen molar-refractivity contribution in [2.24, 2.45) is 4.99 Å². The van der Waals surface area contributed by atoms with Gasteiger partial charge in [0.25, 0.3) is 0 Å². The Morgan fingerprint density at radius 2 is 2.22 bits per heavy atom. The third-order valence-electron chi connectivity index (χ3n) is 2.56. The first-order chi connectivity index (χ1) is 8.36. The molecule has 0 amide bonds. The quantitative estimate of drug-likeness (QED) is 0.304. The monoisotopic (exact) mass is 387 g/mol. The Morgan fingerprint density at radius 3 is 2.83 bits per heavy atom. The minimum absolute atomic E-state index is 0. The molecule has 0 aromatic carbocycles. The van der Waals surface area contributed by atoms with Crippen LogP contribution in [0.15, 0.2) is 4.99 Å². The predicted octanol–water partition coefficient (Wildman–Crippen LogP) is 2.09. The molecule has 1 aliphatic heterocycles. The van der Waals surface area contributed by atoms with E-state index in [2.05, 4.69) is 22.5 Å². The maximum Gasteiger partial charge on any atom is 0.191 e. The standard InChI is InChI=1S/C12H25N3OS.HI/c1-3-13-12(14-7-8-16-4-2)15-10-11-6-5-9-17-11;/h11H,3-10H2,1-2H3,(H2,13,14,15);1H. The molecule has 0 spiro atoms. The van der Waals surface area contributed by atoms with Gasteiger partial charge in [-0.05, 0) is 32.4 Å². The van der Waals surface area contributed by atoms with Gasteiger partial charge in [0.2, 0.25) is 0 Å². The molecule has 1 unspecified atom stereocenters. The highest BCUT2D eigenvalue weighted by molar-refractivity contribution is 14.0. The van der Waals surface area contributed by atoms with Crippen molar-refractivity contribution >= 4 is 41.7 Å². The van der Waals surface area contributed by atoms with Crippen LogP contribution in [-0.2, 0) is 4.74 Å². The molecule has 0 saturated carbocycles. The molecule has 2 N–H and O–H groups in total. The van der Waals surface area contributed by atoms with Gasteiger partial charge in [0.15, 0.2) is 5.96 Å². The highest BCUT2D eigenvalue weighted by Crippen LogP contribution is 2.25. The van der Waals surface area contributed by atoms with Crippen LogP contribution < -0.4 is 10.6 Å². The summed E-state index contributed by atoms with van der Waals surface area (Å²) < 4.78 is 5.29. The van der Waals surface area contributed by atoms with Crippen molar-refractivity contribution in [1.29, 1.82) is 0 Å². The largest absolute Gasteiger partial charge is 0.380 e. The lowest BCUT2D eigenvalue weighted by molar-refractivity contribution is 0.152. The lowest BCUT2D eigenvalue weighted by Gasteiger charge is -2.12. The summed E-state index contributed by atoms with van der Waals surface area (Å²) in [6, 6.07) is 0. The molecule has 6 heteroatoms. The number of guanidine groups is 1. The summed E-state index contributed by atoms with van der Waals surface area (Å²) in [7, 11) is 0. The number of nitrogens with one attached hydrogen (secondary N) is 2. The Labute approximate surface area is 132 Å². The van der Waals surface area contributed by atoms with Gasteiger partial charge in [-0.2, -0.15) is 11.8 Å². The molecule has 0 aliphatic carbocycles. The SMILES string of the molecule is CCNC(=NCC1CCCS1)NCCOCC.I. The fourth-order valence-electron chi connectivity index (χ4n) is 1.71. The summed E-state index contributed by atoms with van der Waals surface area (Å²) in [5.74, 6) is 2.22. The highest BCUT2D eigenvalue weighted by atomic mass is 127. The van der Waals surface area contributed by atoms with E-state index >= 15 is 0 Å². The third-order valence-corrected chi connectivity index (χ3v) is 3.94. The van der Waals surface area contributed by atoms with E-state index in [0.717, 1.165) is 44.1 Å². The smallest absolute Gasteiger partial charge is 0.191 e. The molecule has 1 aliphatic rings. The molecule has 1 rings (SSSR count). The zero-order valence-corrected chi connectivity index (χ0v) is 14.6. The predicted molar refractivity (Wildman–Crippen MR) is 91.4 cm³/mol. The maximum absolute atomic E-state index is 5.29. The van der Waals surface area contributed by atoms with Gasteiger partial charge >= 0.3 is 0 Å². The molecule has 1 saturated heterocycles. The van der Waals surface area contributed by atoms with Crippen molar-refractivity contribution in [3.63, 3.8) is 0 Å². The first kappa shape index (κ1) is 18.3. The molecular formula is C12H26IN3OS. The number of rotatable bonds is 7. The molecule has 1 heterocycles. The van der Waals surface area contributed by atoms with Gasteiger partial charge in [0.05, 0.1) is 13.2 Å². The maximum atomic E-state index is 5.29. The van der Waals surface area contributed by atoms with Crippen molar-refractivity contribution < 1.29 is 4.74 Å². The first-order valence-electron chi connectivity index (χ1n) is 6.58. The van der Waals surface area contributed by atoms with Gasteiger partial charge in [-0.1, -0.05) is 0 Å². The number of thioether (sulfide) groups is 1. The van der Waals surface area contributed by atoms with E-state index in [4.69, 9.17) is 4.74 Å². The van der Waals surface area contributed by atoms with Crippen molar-refractivity contribution in [3.8, 4) is 0 Å². The molecule has 0 bridgehead atoms. The summed E-state index contributed by atoms with van der Waals surface area (Å²) in [5.41, 5.74) is 0. The van der Waals surface area contributed by atoms with Crippen LogP contribution in [0.3, 0.4) is 0 Å². The molecule has 0 aromatic rings. The van der Waals surface area contributed by atoms with E-state index in [9.17, 15) is 0 Å². The summed E-state index contributed by atoms with van der Waals surface area (Å²) in [5, 5.41) is 7.26. The topological polar surface area (TPSA) is 45.7 Å². The summed E-state index contributed by atoms with van der Waals surface area (Å²) >= 11 is 2.05. The third kappa shape index (κ3) is 8.42. The van der Waals surface area contributed by atoms with Crippen LogP contribution in [-0.4, -0.2) is 49.8 Å². The molecule has 1 atom stereocenters. The second kappa shape index (κ2) is 12.3. The fourth-order valence-corrected chi connectivity index (χ4v) is 2.89. The number of hydrogen-bond acceptors (Lipinski definition) is 3. The minimum atomic E-state index is 0. The fraction of sp³-hybridized carbons (Fsp3) is 0.917. The molecule has 1 fully saturated rings. The van der Waals surface area contributed by atoms with E-state index in [1.54, 1.807) is 0 Å². The average Bonchev–Trinajstić information content (AvgIpc) is 2.84. The van der Waals surface area contributed by atoms with E-state index in [1.165, 1.54) is 18.6 Å². The van der Waals surface area contributed by atoms with Crippen molar-refractivity contribution in [2.45, 2.75) is 31.9 Å². The molecule has 0 aromatic heterocycles. The summed E-state index contributed by atoms with van der Waals surface area (Å²) in [4.78, 5) is 4.61. The van der Waals surface area contributed by atoms with Crippen LogP contribution in [0.25, 0.3) is 0 Å². The molecule has 0 radical (unpaired) electrons. The lowest BCUT2D eigenvalue weighted by atomic mass is 10.2. The lowest BCUT2D eigenvalue weighted by Crippen LogP contribution is -2.39. The minimum Gasteiger partial charge on any atom is -0.380 e. The van der Waals surface area contributed by atoms with Gasteiger partial charge < -0.3 is 15.4 Å². The zero-order valence-electron chi connectivity index (χ0n) is 11.4. The Bertz CT molecular complexity index is 223. The van der Waals surface area contributed by atoms with Crippen molar-refractivity contribution in [2.75, 3.05) is 38.6 Å². The van der Waals surface area contributed by atoms with Crippen molar-refractivity contribution in [1.82, 2.24) is 10.6 Å². The molecular weight excluding hydrogens is 361 g/mol. The Hall–Kier alpha value is 0.310. The van der Waals surface area contributed by atoms with Crippen LogP contribution in [0, 0.1) is 0 Å². The normalized spacial score (nSPS) is 19.4. The number of aliphatic imine (C=N–C) groups is 1. The Kier molecular flexibility index (Phi) is 12.6. The Balaban J connectivity index is 0.00000289. The molecule has 108 valence electrons. The first-order valence-corrected chi connectivity index (χ1v) is 7.63. The van der Waals surface area contributed by atoms with E-state index in [-0.39, 0.29) is 24.0 Å². The van der Waals surface area contributed by atoms with Crippen LogP contribution in [0.5, 0.6) is 0 Å². The van der Waals surface area contributed by atoms with E-state index in [1.807, 2.05) is 18.7 Å². The van der Waals surface area contributed by atoms with Gasteiger partial charge in [0.1, 0.15) is 0 Å². The summed E-state index contributed by atoms with van der Waals surface area (Å²) in [6.45, 7) is 8.25. The molecule has 4 nitrogen and oxygen atoms in total. The zero-order chi connectivity index (χ0) is 12.3. The van der Waals surface area contributed by atoms with E-state index in [0.29, 0.717) is 0 Å². The van der Waals surface area contributed by atoms with Gasteiger partial charge in [-0.3, -0.25) is 4.99 Å². The second-order valence-electron chi connectivity index (χ2n) is 3.98. The van der Waals surface area contributed by atoms with Crippen LogP contribution in [0.2, 0.25) is 0 Å². The van der Waals surface area contributed by atoms with Crippen molar-refractivity contribution in [3.05, 3.63) is 0 Å².